The lowest BCUT2D eigenvalue weighted by atomic mass is 10.4. The minimum atomic E-state index is 0.983. The van der Waals surface area contributed by atoms with Crippen LogP contribution in [0.4, 0.5) is 0 Å². The molecular formula is C10H19N. The first-order chi connectivity index (χ1) is 5.43. The van der Waals surface area contributed by atoms with Gasteiger partial charge in [0, 0.05) is 0 Å². The molecule has 1 fully saturated rings. The summed E-state index contributed by atoms with van der Waals surface area (Å²) in [6.45, 7) is 9.40. The van der Waals surface area contributed by atoms with Crippen molar-refractivity contribution in [1.29, 1.82) is 0 Å². The lowest BCUT2D eigenvalue weighted by Crippen LogP contribution is -2.18. The van der Waals surface area contributed by atoms with Gasteiger partial charge in [-0.05, 0) is 32.9 Å². The zero-order valence-electron chi connectivity index (χ0n) is 7.98. The van der Waals surface area contributed by atoms with E-state index in [0.29, 0.717) is 0 Å². The van der Waals surface area contributed by atoms with Crippen molar-refractivity contribution in [1.82, 2.24) is 4.90 Å². The summed E-state index contributed by atoms with van der Waals surface area (Å²) in [5.41, 5.74) is 0. The first-order valence-corrected chi connectivity index (χ1v) is 4.55. The Morgan fingerprint density at radius 3 is 2.18 bits per heavy atom. The summed E-state index contributed by atoms with van der Waals surface area (Å²) in [6, 6.07) is 0. The van der Waals surface area contributed by atoms with Gasteiger partial charge in [-0.2, -0.15) is 0 Å². The molecule has 0 radical (unpaired) electrons. The Morgan fingerprint density at radius 2 is 1.73 bits per heavy atom. The molecule has 11 heavy (non-hydrogen) atoms. The molecule has 64 valence electrons. The van der Waals surface area contributed by atoms with Crippen LogP contribution in [0.15, 0.2) is 0 Å². The van der Waals surface area contributed by atoms with Gasteiger partial charge in [-0.3, -0.25) is 4.90 Å². The van der Waals surface area contributed by atoms with E-state index in [0.717, 1.165) is 6.54 Å². The topological polar surface area (TPSA) is 3.24 Å². The van der Waals surface area contributed by atoms with Crippen molar-refractivity contribution < 1.29 is 0 Å². The molecule has 0 aromatic carbocycles. The van der Waals surface area contributed by atoms with E-state index in [9.17, 15) is 0 Å². The summed E-state index contributed by atoms with van der Waals surface area (Å²) in [7, 11) is 0. The highest BCUT2D eigenvalue weighted by atomic mass is 15.1. The molecule has 0 unspecified atom stereocenters. The fourth-order valence-electron chi connectivity index (χ4n) is 1.13. The van der Waals surface area contributed by atoms with Crippen molar-refractivity contribution in [2.24, 2.45) is 0 Å². The van der Waals surface area contributed by atoms with Crippen LogP contribution in [0.25, 0.3) is 0 Å². The second kappa shape index (κ2) is 7.63. The van der Waals surface area contributed by atoms with Crippen LogP contribution >= 0.6 is 0 Å². The molecule has 1 saturated heterocycles. The van der Waals surface area contributed by atoms with Crippen LogP contribution in [0.2, 0.25) is 0 Å². The van der Waals surface area contributed by atoms with E-state index in [1.54, 1.807) is 0 Å². The average Bonchev–Trinajstić information content (AvgIpc) is 2.57. The molecule has 0 aliphatic carbocycles. The van der Waals surface area contributed by atoms with Crippen molar-refractivity contribution in [3.63, 3.8) is 0 Å². The molecule has 0 N–H and O–H groups in total. The first kappa shape index (κ1) is 10.5. The lowest BCUT2D eigenvalue weighted by Gasteiger charge is -2.07. The van der Waals surface area contributed by atoms with Gasteiger partial charge in [0.25, 0.3) is 0 Å². The monoisotopic (exact) mass is 153 g/mol. The van der Waals surface area contributed by atoms with Gasteiger partial charge in [0.2, 0.25) is 0 Å². The van der Waals surface area contributed by atoms with Crippen LogP contribution in [0.1, 0.15) is 33.6 Å². The highest BCUT2D eigenvalue weighted by Crippen LogP contribution is 2.04. The molecule has 0 amide bonds. The van der Waals surface area contributed by atoms with Crippen LogP contribution in [0.3, 0.4) is 0 Å². The smallest absolute Gasteiger partial charge is 0.0601 e. The molecule has 1 heterocycles. The third-order valence-corrected chi connectivity index (χ3v) is 1.68. The van der Waals surface area contributed by atoms with Crippen molar-refractivity contribution in [3.8, 4) is 11.8 Å². The fraction of sp³-hybridized carbons (Fsp3) is 0.800. The Bertz CT molecular complexity index is 124. The third-order valence-electron chi connectivity index (χ3n) is 1.68. The van der Waals surface area contributed by atoms with Crippen molar-refractivity contribution in [2.75, 3.05) is 19.6 Å². The Labute approximate surface area is 70.8 Å². The molecule has 1 nitrogen and oxygen atoms in total. The Kier molecular flexibility index (Phi) is 7.29. The van der Waals surface area contributed by atoms with E-state index in [2.05, 4.69) is 16.7 Å². The number of hydrogen-bond acceptors (Lipinski definition) is 1. The Balaban J connectivity index is 0.000000461. The van der Waals surface area contributed by atoms with Crippen molar-refractivity contribution in [2.45, 2.75) is 33.6 Å². The molecule has 1 heteroatoms. The van der Waals surface area contributed by atoms with E-state index in [-0.39, 0.29) is 0 Å². The normalized spacial score (nSPS) is 16.3. The van der Waals surface area contributed by atoms with E-state index in [1.165, 1.54) is 25.9 Å². The van der Waals surface area contributed by atoms with Crippen LogP contribution in [-0.2, 0) is 0 Å². The van der Waals surface area contributed by atoms with Gasteiger partial charge >= 0.3 is 0 Å². The largest absolute Gasteiger partial charge is 0.292 e. The maximum Gasteiger partial charge on any atom is 0.0601 e. The average molecular weight is 153 g/mol. The fourth-order valence-corrected chi connectivity index (χ4v) is 1.13. The van der Waals surface area contributed by atoms with Crippen LogP contribution < -0.4 is 0 Å². The predicted octanol–water partition coefficient (Wildman–Crippen LogP) is 2.13. The summed E-state index contributed by atoms with van der Waals surface area (Å²) < 4.78 is 0. The second-order valence-electron chi connectivity index (χ2n) is 2.41. The molecular weight excluding hydrogens is 134 g/mol. The van der Waals surface area contributed by atoms with Crippen LogP contribution in [0, 0.1) is 11.8 Å². The molecule has 1 aliphatic rings. The molecule has 0 aromatic heterocycles. The predicted molar refractivity (Wildman–Crippen MR) is 50.5 cm³/mol. The maximum atomic E-state index is 3.07. The van der Waals surface area contributed by atoms with Gasteiger partial charge in [0.1, 0.15) is 0 Å². The third kappa shape index (κ3) is 4.86. The molecule has 1 aliphatic heterocycles. The zero-order chi connectivity index (χ0) is 8.53. The minimum absolute atomic E-state index is 0.983. The quantitative estimate of drug-likeness (QED) is 0.522. The number of rotatable bonds is 1. The van der Waals surface area contributed by atoms with Gasteiger partial charge in [0.15, 0.2) is 0 Å². The molecule has 0 spiro atoms. The minimum Gasteiger partial charge on any atom is -0.292 e. The van der Waals surface area contributed by atoms with E-state index in [1.807, 2.05) is 20.8 Å². The first-order valence-electron chi connectivity index (χ1n) is 4.55. The molecule has 0 bridgehead atoms. The molecule has 1 rings (SSSR count). The second-order valence-corrected chi connectivity index (χ2v) is 2.41. The van der Waals surface area contributed by atoms with Gasteiger partial charge in [-0.25, -0.2) is 0 Å². The summed E-state index contributed by atoms with van der Waals surface area (Å²) in [6.07, 6.45) is 2.73. The van der Waals surface area contributed by atoms with Crippen LogP contribution in [-0.4, -0.2) is 24.5 Å². The highest BCUT2D eigenvalue weighted by Gasteiger charge is 2.08. The van der Waals surface area contributed by atoms with Gasteiger partial charge in [-0.15, -0.1) is 5.92 Å². The van der Waals surface area contributed by atoms with E-state index >= 15 is 0 Å². The van der Waals surface area contributed by atoms with E-state index < -0.39 is 0 Å². The van der Waals surface area contributed by atoms with Gasteiger partial charge in [-0.1, -0.05) is 19.8 Å². The summed E-state index contributed by atoms with van der Waals surface area (Å²) in [5.74, 6) is 5.97. The van der Waals surface area contributed by atoms with E-state index in [4.69, 9.17) is 0 Å². The number of nitrogens with zero attached hydrogens (tertiary/aromatic N) is 1. The maximum absolute atomic E-state index is 3.07. The molecule has 0 atom stereocenters. The standard InChI is InChI=1S/C8H13N.C2H6/c1-2-3-6-9-7-4-5-8-9;1-2/h4-8H2,1H3;1-2H3. The Morgan fingerprint density at radius 1 is 1.18 bits per heavy atom. The van der Waals surface area contributed by atoms with Crippen molar-refractivity contribution in [3.05, 3.63) is 0 Å². The van der Waals surface area contributed by atoms with Crippen molar-refractivity contribution >= 4 is 0 Å². The Hall–Kier alpha value is -0.480. The van der Waals surface area contributed by atoms with Crippen LogP contribution in [0.5, 0.6) is 0 Å². The number of likely N-dealkylation sites (tertiary alicyclic amines) is 1. The summed E-state index contributed by atoms with van der Waals surface area (Å²) >= 11 is 0. The highest BCUT2D eigenvalue weighted by molar-refractivity contribution is 4.98. The molecule has 0 saturated carbocycles. The lowest BCUT2D eigenvalue weighted by molar-refractivity contribution is 0.383. The SMILES string of the molecule is CC.CC#CCN1CCCC1. The summed E-state index contributed by atoms with van der Waals surface area (Å²) in [4.78, 5) is 2.40. The van der Waals surface area contributed by atoms with Gasteiger partial charge in [0.05, 0.1) is 6.54 Å². The number of hydrogen-bond donors (Lipinski definition) is 0. The molecule has 0 aromatic rings. The zero-order valence-corrected chi connectivity index (χ0v) is 7.98. The van der Waals surface area contributed by atoms with Gasteiger partial charge < -0.3 is 0 Å². The summed E-state index contributed by atoms with van der Waals surface area (Å²) in [5, 5.41) is 0.